The predicted octanol–water partition coefficient (Wildman–Crippen LogP) is 1.33. The van der Waals surface area contributed by atoms with Gasteiger partial charge in [-0.3, -0.25) is 9.59 Å². The minimum absolute atomic E-state index is 0.00770. The van der Waals surface area contributed by atoms with Crippen LogP contribution in [-0.2, 0) is 16.1 Å². The molecule has 2 amide bonds. The Bertz CT molecular complexity index is 493. The van der Waals surface area contributed by atoms with Crippen molar-refractivity contribution in [2.45, 2.75) is 13.0 Å². The minimum Gasteiger partial charge on any atom is -0.347 e. The van der Waals surface area contributed by atoms with Gasteiger partial charge in [0.05, 0.1) is 11.6 Å². The topological polar surface area (TPSA) is 49.4 Å². The fourth-order valence-corrected chi connectivity index (χ4v) is 1.96. The summed E-state index contributed by atoms with van der Waals surface area (Å²) in [7, 11) is 0. The van der Waals surface area contributed by atoms with Crippen LogP contribution in [0.4, 0.5) is 4.39 Å². The van der Waals surface area contributed by atoms with Gasteiger partial charge in [-0.2, -0.15) is 0 Å². The van der Waals surface area contributed by atoms with Crippen LogP contribution in [-0.4, -0.2) is 29.8 Å². The van der Waals surface area contributed by atoms with Gasteiger partial charge in [-0.15, -0.1) is 0 Å². The van der Waals surface area contributed by atoms with Crippen molar-refractivity contribution in [2.24, 2.45) is 0 Å². The van der Waals surface area contributed by atoms with E-state index in [-0.39, 0.29) is 29.8 Å². The lowest BCUT2D eigenvalue weighted by molar-refractivity contribution is -0.130. The Kier molecular flexibility index (Phi) is 3.81. The van der Waals surface area contributed by atoms with Crippen LogP contribution in [0.25, 0.3) is 0 Å². The number of carbonyl (C=O) groups excluding carboxylic acids is 2. The van der Waals surface area contributed by atoms with E-state index in [1.165, 1.54) is 12.1 Å². The summed E-state index contributed by atoms with van der Waals surface area (Å²) in [6, 6.07) is 4.34. The molecule has 0 aliphatic carbocycles. The van der Waals surface area contributed by atoms with Crippen LogP contribution in [0.3, 0.4) is 0 Å². The van der Waals surface area contributed by atoms with E-state index in [0.717, 1.165) is 5.56 Å². The molecule has 0 radical (unpaired) electrons. The summed E-state index contributed by atoms with van der Waals surface area (Å²) < 4.78 is 13.0. The highest BCUT2D eigenvalue weighted by Crippen LogP contribution is 2.17. The highest BCUT2D eigenvalue weighted by atomic mass is 35.5. The van der Waals surface area contributed by atoms with Crippen molar-refractivity contribution in [3.8, 4) is 0 Å². The second-order valence-electron chi connectivity index (χ2n) is 4.09. The van der Waals surface area contributed by atoms with Crippen LogP contribution >= 0.6 is 11.6 Å². The normalized spacial score (nSPS) is 16.4. The van der Waals surface area contributed by atoms with Crippen LogP contribution in [0.1, 0.15) is 12.0 Å². The minimum atomic E-state index is -0.487. The van der Waals surface area contributed by atoms with Gasteiger partial charge in [-0.25, -0.2) is 4.39 Å². The molecule has 1 heterocycles. The van der Waals surface area contributed by atoms with Gasteiger partial charge in [0.2, 0.25) is 11.8 Å². The molecule has 0 bridgehead atoms. The number of carbonyl (C=O) groups is 2. The Morgan fingerprint density at radius 3 is 2.89 bits per heavy atom. The van der Waals surface area contributed by atoms with Gasteiger partial charge in [-0.05, 0) is 17.7 Å². The molecule has 1 fully saturated rings. The summed E-state index contributed by atoms with van der Waals surface area (Å²) in [6.45, 7) is 0.696. The van der Waals surface area contributed by atoms with E-state index >= 15 is 0 Å². The average Bonchev–Trinajstić information content (AvgIpc) is 2.49. The van der Waals surface area contributed by atoms with Crippen molar-refractivity contribution in [3.05, 3.63) is 34.6 Å². The molecule has 1 aliphatic heterocycles. The summed E-state index contributed by atoms with van der Waals surface area (Å²) in [5, 5.41) is 2.55. The Labute approximate surface area is 109 Å². The zero-order chi connectivity index (χ0) is 13.1. The molecule has 0 spiro atoms. The lowest BCUT2D eigenvalue weighted by atomic mass is 10.2. The quantitative estimate of drug-likeness (QED) is 0.881. The van der Waals surface area contributed by atoms with Crippen molar-refractivity contribution < 1.29 is 14.0 Å². The fraction of sp³-hybridized carbons (Fsp3) is 0.333. The first-order valence-corrected chi connectivity index (χ1v) is 5.92. The van der Waals surface area contributed by atoms with Crippen molar-refractivity contribution in [1.82, 2.24) is 10.2 Å². The first kappa shape index (κ1) is 12.8. The van der Waals surface area contributed by atoms with E-state index in [1.54, 1.807) is 11.0 Å². The molecule has 0 aromatic heterocycles. The van der Waals surface area contributed by atoms with E-state index in [1.807, 2.05) is 0 Å². The molecule has 96 valence electrons. The summed E-state index contributed by atoms with van der Waals surface area (Å²) >= 11 is 5.68. The third-order valence-corrected chi connectivity index (χ3v) is 3.05. The Hall–Kier alpha value is -1.62. The summed E-state index contributed by atoms with van der Waals surface area (Å²) in [5.41, 5.74) is 0.740. The number of amides is 2. The summed E-state index contributed by atoms with van der Waals surface area (Å²) in [5.74, 6) is -0.774. The zero-order valence-electron chi connectivity index (χ0n) is 9.58. The summed E-state index contributed by atoms with van der Waals surface area (Å²) in [4.78, 5) is 24.4. The van der Waals surface area contributed by atoms with Crippen molar-refractivity contribution >= 4 is 23.4 Å². The van der Waals surface area contributed by atoms with Gasteiger partial charge >= 0.3 is 0 Å². The first-order valence-electron chi connectivity index (χ1n) is 5.54. The van der Waals surface area contributed by atoms with Gasteiger partial charge in [0, 0.05) is 19.5 Å². The monoisotopic (exact) mass is 270 g/mol. The van der Waals surface area contributed by atoms with Crippen molar-refractivity contribution in [1.29, 1.82) is 0 Å². The number of rotatable bonds is 2. The van der Waals surface area contributed by atoms with E-state index in [2.05, 4.69) is 5.32 Å². The fourth-order valence-electron chi connectivity index (χ4n) is 1.76. The molecule has 2 rings (SSSR count). The number of hydrogen-bond acceptors (Lipinski definition) is 2. The molecule has 1 N–H and O–H groups in total. The predicted molar refractivity (Wildman–Crippen MR) is 64.5 cm³/mol. The zero-order valence-corrected chi connectivity index (χ0v) is 10.3. The number of halogens is 2. The molecule has 1 saturated heterocycles. The van der Waals surface area contributed by atoms with E-state index in [4.69, 9.17) is 11.6 Å². The molecular weight excluding hydrogens is 259 g/mol. The molecule has 4 nitrogen and oxygen atoms in total. The van der Waals surface area contributed by atoms with E-state index < -0.39 is 5.82 Å². The smallest absolute Gasteiger partial charge is 0.242 e. The third kappa shape index (κ3) is 2.98. The Morgan fingerprint density at radius 2 is 2.17 bits per heavy atom. The van der Waals surface area contributed by atoms with Crippen molar-refractivity contribution in [2.75, 3.05) is 13.1 Å². The highest BCUT2D eigenvalue weighted by Gasteiger charge is 2.20. The highest BCUT2D eigenvalue weighted by molar-refractivity contribution is 6.30. The average molecular weight is 271 g/mol. The van der Waals surface area contributed by atoms with Crippen LogP contribution in [0.2, 0.25) is 5.02 Å². The first-order chi connectivity index (χ1) is 8.56. The third-order valence-electron chi connectivity index (χ3n) is 2.76. The van der Waals surface area contributed by atoms with Gasteiger partial charge in [0.1, 0.15) is 5.82 Å². The second-order valence-corrected chi connectivity index (χ2v) is 4.50. The number of benzene rings is 1. The molecule has 1 aliphatic rings. The largest absolute Gasteiger partial charge is 0.347 e. The van der Waals surface area contributed by atoms with Crippen LogP contribution in [0, 0.1) is 5.82 Å². The van der Waals surface area contributed by atoms with Crippen LogP contribution in [0.5, 0.6) is 0 Å². The molecule has 0 saturated carbocycles. The van der Waals surface area contributed by atoms with Gasteiger partial charge < -0.3 is 10.2 Å². The Balaban J connectivity index is 2.09. The molecular formula is C12H12ClFN2O2. The maximum absolute atomic E-state index is 13.0. The summed E-state index contributed by atoms with van der Waals surface area (Å²) in [6.07, 6.45) is 0.278. The SMILES string of the molecule is O=C1CCN(Cc2ccc(F)c(Cl)c2)C(=O)CN1. The van der Waals surface area contributed by atoms with Crippen LogP contribution < -0.4 is 5.32 Å². The Morgan fingerprint density at radius 1 is 1.39 bits per heavy atom. The van der Waals surface area contributed by atoms with Gasteiger partial charge in [0.15, 0.2) is 0 Å². The number of nitrogens with zero attached hydrogens (tertiary/aromatic N) is 1. The standard InChI is InChI=1S/C12H12ClFN2O2/c13-9-5-8(1-2-10(9)14)7-16-4-3-11(17)15-6-12(16)18/h1-2,5H,3-4,6-7H2,(H,15,17). The molecule has 18 heavy (non-hydrogen) atoms. The van der Waals surface area contributed by atoms with E-state index in [0.29, 0.717) is 13.1 Å². The molecule has 0 unspecified atom stereocenters. The maximum Gasteiger partial charge on any atom is 0.242 e. The number of nitrogens with one attached hydrogen (secondary N) is 1. The molecule has 6 heteroatoms. The molecule has 0 atom stereocenters. The second kappa shape index (κ2) is 5.35. The van der Waals surface area contributed by atoms with Gasteiger partial charge in [-0.1, -0.05) is 17.7 Å². The lowest BCUT2D eigenvalue weighted by Crippen LogP contribution is -2.34. The van der Waals surface area contributed by atoms with Gasteiger partial charge in [0.25, 0.3) is 0 Å². The molecule has 1 aromatic rings. The molecule has 1 aromatic carbocycles. The van der Waals surface area contributed by atoms with E-state index in [9.17, 15) is 14.0 Å². The lowest BCUT2D eigenvalue weighted by Gasteiger charge is -2.19. The number of hydrogen-bond donors (Lipinski definition) is 1. The van der Waals surface area contributed by atoms with Crippen LogP contribution in [0.15, 0.2) is 18.2 Å². The van der Waals surface area contributed by atoms with Crippen molar-refractivity contribution in [3.63, 3.8) is 0 Å². The maximum atomic E-state index is 13.0.